The van der Waals surface area contributed by atoms with Gasteiger partial charge in [0.1, 0.15) is 5.69 Å². The number of carbonyl (C=O) groups excluding carboxylic acids is 1. The van der Waals surface area contributed by atoms with Crippen LogP contribution in [0.15, 0.2) is 70.0 Å². The minimum atomic E-state index is -2.88. The molecule has 216 valence electrons. The number of rotatable bonds is 7. The first-order valence-electron chi connectivity index (χ1n) is 13.6. The predicted octanol–water partition coefficient (Wildman–Crippen LogP) is 6.13. The van der Waals surface area contributed by atoms with E-state index in [0.29, 0.717) is 42.4 Å². The lowest BCUT2D eigenvalue weighted by Crippen LogP contribution is -2.39. The summed E-state index contributed by atoms with van der Waals surface area (Å²) in [5.74, 6) is 0.429. The SMILES string of the molecule is Cc1nnc(-c2cccc(-n3c(=O)n(CC4CCC(NC(=O)c5cc(Cl)cnc5C(F)F)CC4)c4ccccc43)c2)o1. The van der Waals surface area contributed by atoms with E-state index < -0.39 is 18.0 Å². The average Bonchev–Trinajstić information content (AvgIpc) is 3.54. The summed E-state index contributed by atoms with van der Waals surface area (Å²) in [5, 5.41) is 11.0. The second-order valence-electron chi connectivity index (χ2n) is 10.5. The van der Waals surface area contributed by atoms with Crippen molar-refractivity contribution in [1.82, 2.24) is 29.6 Å². The molecule has 9 nitrogen and oxygen atoms in total. The lowest BCUT2D eigenvalue weighted by atomic mass is 9.85. The van der Waals surface area contributed by atoms with Crippen LogP contribution in [0.5, 0.6) is 0 Å². The monoisotopic (exact) mass is 592 g/mol. The highest BCUT2D eigenvalue weighted by atomic mass is 35.5. The molecule has 0 atom stereocenters. The molecule has 0 aliphatic heterocycles. The normalized spacial score (nSPS) is 17.2. The van der Waals surface area contributed by atoms with E-state index >= 15 is 0 Å². The van der Waals surface area contributed by atoms with E-state index in [1.54, 1.807) is 16.1 Å². The third-order valence-corrected chi connectivity index (χ3v) is 7.88. The minimum Gasteiger partial charge on any atom is -0.421 e. The van der Waals surface area contributed by atoms with Crippen LogP contribution in [0.4, 0.5) is 8.78 Å². The van der Waals surface area contributed by atoms with Gasteiger partial charge in [0.15, 0.2) is 0 Å². The van der Waals surface area contributed by atoms with Gasteiger partial charge in [0, 0.05) is 31.3 Å². The number of aryl methyl sites for hydroxylation is 1. The molecule has 3 heterocycles. The van der Waals surface area contributed by atoms with E-state index in [2.05, 4.69) is 20.5 Å². The van der Waals surface area contributed by atoms with E-state index in [0.717, 1.165) is 30.1 Å². The fourth-order valence-corrected chi connectivity index (χ4v) is 5.80. The average molecular weight is 593 g/mol. The van der Waals surface area contributed by atoms with Crippen molar-refractivity contribution < 1.29 is 18.0 Å². The summed E-state index contributed by atoms with van der Waals surface area (Å²) in [6, 6.07) is 16.1. The molecule has 6 rings (SSSR count). The number of hydrogen-bond acceptors (Lipinski definition) is 6. The number of hydrogen-bond donors (Lipinski definition) is 1. The van der Waals surface area contributed by atoms with Crippen molar-refractivity contribution in [3.8, 4) is 17.1 Å². The van der Waals surface area contributed by atoms with Crippen LogP contribution in [0, 0.1) is 12.8 Å². The summed E-state index contributed by atoms with van der Waals surface area (Å²) in [7, 11) is 0. The van der Waals surface area contributed by atoms with Gasteiger partial charge in [0.05, 0.1) is 27.3 Å². The van der Waals surface area contributed by atoms with Crippen molar-refractivity contribution in [2.24, 2.45) is 5.92 Å². The molecule has 12 heteroatoms. The van der Waals surface area contributed by atoms with Gasteiger partial charge in [0.25, 0.3) is 12.3 Å². The maximum atomic E-state index is 13.8. The van der Waals surface area contributed by atoms with Gasteiger partial charge >= 0.3 is 5.69 Å². The third-order valence-electron chi connectivity index (χ3n) is 7.67. The van der Waals surface area contributed by atoms with Crippen LogP contribution in [-0.2, 0) is 6.54 Å². The molecule has 0 spiro atoms. The Kier molecular flexibility index (Phi) is 7.59. The molecule has 1 N–H and O–H groups in total. The predicted molar refractivity (Wildman–Crippen MR) is 153 cm³/mol. The van der Waals surface area contributed by atoms with Crippen LogP contribution in [0.25, 0.3) is 28.2 Å². The summed E-state index contributed by atoms with van der Waals surface area (Å²) in [6.07, 6.45) is 1.07. The number of benzene rings is 2. The second kappa shape index (κ2) is 11.5. The van der Waals surface area contributed by atoms with E-state index in [4.69, 9.17) is 16.0 Å². The lowest BCUT2D eigenvalue weighted by molar-refractivity contribution is 0.0904. The zero-order valence-corrected chi connectivity index (χ0v) is 23.4. The van der Waals surface area contributed by atoms with Crippen molar-refractivity contribution in [2.75, 3.05) is 0 Å². The van der Waals surface area contributed by atoms with Gasteiger partial charge in [-0.15, -0.1) is 10.2 Å². The molecule has 1 aliphatic carbocycles. The van der Waals surface area contributed by atoms with Crippen LogP contribution < -0.4 is 11.0 Å². The largest absolute Gasteiger partial charge is 0.421 e. The van der Waals surface area contributed by atoms with Gasteiger partial charge < -0.3 is 9.73 Å². The minimum absolute atomic E-state index is 0.120. The number of imidazole rings is 1. The van der Waals surface area contributed by atoms with Crippen molar-refractivity contribution in [3.05, 3.63) is 93.4 Å². The number of nitrogens with one attached hydrogen (secondary N) is 1. The number of pyridine rings is 1. The van der Waals surface area contributed by atoms with Gasteiger partial charge in [-0.3, -0.25) is 18.9 Å². The Hall–Kier alpha value is -4.38. The molecule has 2 aromatic carbocycles. The van der Waals surface area contributed by atoms with Crippen molar-refractivity contribution in [3.63, 3.8) is 0 Å². The fourth-order valence-electron chi connectivity index (χ4n) is 5.64. The highest BCUT2D eigenvalue weighted by Gasteiger charge is 2.27. The number of halogens is 3. The van der Waals surface area contributed by atoms with Gasteiger partial charge in [-0.25, -0.2) is 13.6 Å². The Bertz CT molecular complexity index is 1820. The van der Waals surface area contributed by atoms with Crippen molar-refractivity contribution in [2.45, 2.75) is 51.6 Å². The van der Waals surface area contributed by atoms with Crippen LogP contribution in [0.2, 0.25) is 5.02 Å². The molecular weight excluding hydrogens is 566 g/mol. The maximum Gasteiger partial charge on any atom is 0.333 e. The van der Waals surface area contributed by atoms with Crippen molar-refractivity contribution in [1.29, 1.82) is 0 Å². The first kappa shape index (κ1) is 27.8. The van der Waals surface area contributed by atoms with Gasteiger partial charge in [-0.2, -0.15) is 0 Å². The van der Waals surface area contributed by atoms with E-state index in [1.165, 1.54) is 6.07 Å². The Balaban J connectivity index is 1.19. The summed E-state index contributed by atoms with van der Waals surface area (Å²) in [4.78, 5) is 30.3. The van der Waals surface area contributed by atoms with Crippen LogP contribution in [0.1, 0.15) is 54.1 Å². The third kappa shape index (κ3) is 5.44. The zero-order valence-electron chi connectivity index (χ0n) is 22.6. The lowest BCUT2D eigenvalue weighted by Gasteiger charge is -2.29. The number of nitrogens with zero attached hydrogens (tertiary/aromatic N) is 5. The molecule has 1 saturated carbocycles. The molecule has 0 unspecified atom stereocenters. The highest BCUT2D eigenvalue weighted by Crippen LogP contribution is 2.29. The molecule has 0 saturated heterocycles. The van der Waals surface area contributed by atoms with Crippen LogP contribution in [-0.4, -0.2) is 36.3 Å². The highest BCUT2D eigenvalue weighted by molar-refractivity contribution is 6.30. The molecular formula is C30H27ClF2N6O3. The Morgan fingerprint density at radius 3 is 2.55 bits per heavy atom. The molecule has 0 radical (unpaired) electrons. The maximum absolute atomic E-state index is 13.8. The van der Waals surface area contributed by atoms with E-state index in [-0.39, 0.29) is 28.2 Å². The number of para-hydroxylation sites is 2. The summed E-state index contributed by atoms with van der Waals surface area (Å²) in [5.41, 5.74) is 2.06. The van der Waals surface area contributed by atoms with Crippen LogP contribution >= 0.6 is 11.6 Å². The van der Waals surface area contributed by atoms with E-state index in [1.807, 2.05) is 48.5 Å². The summed E-state index contributed by atoms with van der Waals surface area (Å²) < 4.78 is 35.8. The van der Waals surface area contributed by atoms with Gasteiger partial charge in [-0.05, 0) is 68.0 Å². The summed E-state index contributed by atoms with van der Waals surface area (Å²) in [6.45, 7) is 2.24. The Labute approximate surface area is 244 Å². The van der Waals surface area contributed by atoms with E-state index in [9.17, 15) is 18.4 Å². The quantitative estimate of drug-likeness (QED) is 0.244. The number of fused-ring (bicyclic) bond motifs is 1. The topological polar surface area (TPSA) is 108 Å². The zero-order chi connectivity index (χ0) is 29.4. The number of amides is 1. The number of alkyl halides is 2. The summed E-state index contributed by atoms with van der Waals surface area (Å²) >= 11 is 5.91. The molecule has 42 heavy (non-hydrogen) atoms. The molecule has 1 fully saturated rings. The molecule has 1 aliphatic rings. The second-order valence-corrected chi connectivity index (χ2v) is 10.9. The number of carbonyl (C=O) groups is 1. The molecule has 3 aromatic heterocycles. The molecule has 1 amide bonds. The molecule has 0 bridgehead atoms. The fraction of sp³-hybridized carbons (Fsp3) is 0.300. The Morgan fingerprint density at radius 2 is 1.83 bits per heavy atom. The van der Waals surface area contributed by atoms with Crippen LogP contribution in [0.3, 0.4) is 0 Å². The standard InChI is InChI=1S/C30H27ClF2N6O3/c1-17-36-37-29(42-17)19-5-4-6-22(13-19)39-25-8-3-2-7-24(25)38(30(39)41)16-18-9-11-21(12-10-18)35-28(40)23-14-20(31)15-34-26(23)27(32)33/h2-8,13-15,18,21,27H,9-12,16H2,1H3,(H,35,40). The first-order chi connectivity index (χ1) is 20.3. The Morgan fingerprint density at radius 1 is 1.07 bits per heavy atom. The first-order valence-corrected chi connectivity index (χ1v) is 14.0. The molecule has 5 aromatic rings. The van der Waals surface area contributed by atoms with Gasteiger partial charge in [0.2, 0.25) is 11.8 Å². The smallest absolute Gasteiger partial charge is 0.333 e. The number of aromatic nitrogens is 5. The van der Waals surface area contributed by atoms with Gasteiger partial charge in [-0.1, -0.05) is 29.8 Å². The van der Waals surface area contributed by atoms with Crippen molar-refractivity contribution >= 4 is 28.5 Å².